The predicted octanol–water partition coefficient (Wildman–Crippen LogP) is 2.67. The van der Waals surface area contributed by atoms with Gasteiger partial charge in [0.25, 0.3) is 0 Å². The van der Waals surface area contributed by atoms with Crippen molar-refractivity contribution in [2.24, 2.45) is 11.3 Å². The Kier molecular flexibility index (Phi) is 4.48. The third kappa shape index (κ3) is 2.89. The van der Waals surface area contributed by atoms with Crippen molar-refractivity contribution in [3.63, 3.8) is 0 Å². The molecule has 0 spiro atoms. The van der Waals surface area contributed by atoms with Crippen LogP contribution in [0.15, 0.2) is 0 Å². The number of ether oxygens (including phenoxy) is 1. The second-order valence-electron chi connectivity index (χ2n) is 4.29. The molecule has 0 bridgehead atoms. The molecule has 1 rings (SSSR count). The van der Waals surface area contributed by atoms with Crippen molar-refractivity contribution in [3.05, 3.63) is 0 Å². The van der Waals surface area contributed by atoms with Gasteiger partial charge in [0.05, 0.1) is 25.9 Å². The number of alkyl halides is 2. The maximum Gasteiger partial charge on any atom is 0.308 e. The molecule has 0 N–H and O–H groups in total. The monoisotopic (exact) mass is 220 g/mol. The molecule has 1 fully saturated rings. The minimum absolute atomic E-state index is 0.156. The molecular formula is C11H18F2O2. The highest BCUT2D eigenvalue weighted by Crippen LogP contribution is 2.40. The fourth-order valence-electron chi connectivity index (χ4n) is 2.03. The fraction of sp³-hybridized carbons (Fsp3) is 0.909. The number of carbonyl (C=O) groups is 1. The van der Waals surface area contributed by atoms with E-state index in [1.54, 1.807) is 6.92 Å². The lowest BCUT2D eigenvalue weighted by Gasteiger charge is -2.35. The summed E-state index contributed by atoms with van der Waals surface area (Å²) >= 11 is 0. The summed E-state index contributed by atoms with van der Waals surface area (Å²) in [4.78, 5) is 11.4. The lowest BCUT2D eigenvalue weighted by molar-refractivity contribution is -0.150. The third-order valence-electron chi connectivity index (χ3n) is 3.23. The van der Waals surface area contributed by atoms with Crippen molar-refractivity contribution in [3.8, 4) is 0 Å². The summed E-state index contributed by atoms with van der Waals surface area (Å²) in [5, 5.41) is 0. The number of carbonyl (C=O) groups excluding carboxylic acids is 1. The molecule has 0 aliphatic heterocycles. The van der Waals surface area contributed by atoms with E-state index in [2.05, 4.69) is 0 Å². The number of rotatable bonds is 4. The molecule has 0 saturated heterocycles. The predicted molar refractivity (Wildman–Crippen MR) is 53.0 cm³/mol. The van der Waals surface area contributed by atoms with Crippen molar-refractivity contribution in [2.45, 2.75) is 32.6 Å². The molecule has 1 aliphatic carbocycles. The number of esters is 1. The van der Waals surface area contributed by atoms with Gasteiger partial charge in [-0.05, 0) is 32.6 Å². The molecule has 0 unspecified atom stereocenters. The lowest BCUT2D eigenvalue weighted by atomic mass is 9.72. The molecule has 15 heavy (non-hydrogen) atoms. The first kappa shape index (κ1) is 12.4. The highest BCUT2D eigenvalue weighted by atomic mass is 19.1. The van der Waals surface area contributed by atoms with E-state index in [9.17, 15) is 13.6 Å². The van der Waals surface area contributed by atoms with Crippen LogP contribution in [0.25, 0.3) is 0 Å². The number of halogens is 2. The molecule has 88 valence electrons. The second kappa shape index (κ2) is 5.42. The van der Waals surface area contributed by atoms with Crippen LogP contribution in [0.5, 0.6) is 0 Å². The Morgan fingerprint density at radius 3 is 2.27 bits per heavy atom. The van der Waals surface area contributed by atoms with Crippen molar-refractivity contribution < 1.29 is 18.3 Å². The molecule has 0 amide bonds. The van der Waals surface area contributed by atoms with E-state index in [-0.39, 0.29) is 11.9 Å². The minimum Gasteiger partial charge on any atom is -0.466 e. The van der Waals surface area contributed by atoms with E-state index in [0.29, 0.717) is 32.3 Å². The SMILES string of the molecule is CCOC(=O)C1CCC(CF)(CF)CC1. The molecule has 1 saturated carbocycles. The first-order valence-corrected chi connectivity index (χ1v) is 5.46. The van der Waals surface area contributed by atoms with Crippen LogP contribution in [-0.4, -0.2) is 25.9 Å². The summed E-state index contributed by atoms with van der Waals surface area (Å²) in [6.07, 6.45) is 1.99. The Bertz CT molecular complexity index is 205. The quantitative estimate of drug-likeness (QED) is 0.681. The van der Waals surface area contributed by atoms with Gasteiger partial charge >= 0.3 is 5.97 Å². The van der Waals surface area contributed by atoms with Gasteiger partial charge in [0, 0.05) is 5.41 Å². The maximum atomic E-state index is 12.7. The Balaban J connectivity index is 2.44. The van der Waals surface area contributed by atoms with Crippen LogP contribution in [0.4, 0.5) is 8.78 Å². The van der Waals surface area contributed by atoms with Gasteiger partial charge in [-0.3, -0.25) is 13.6 Å². The molecule has 1 aliphatic rings. The van der Waals surface area contributed by atoms with Gasteiger partial charge < -0.3 is 4.74 Å². The molecule has 0 atom stereocenters. The van der Waals surface area contributed by atoms with Gasteiger partial charge in [0.15, 0.2) is 0 Å². The minimum atomic E-state index is -0.816. The van der Waals surface area contributed by atoms with E-state index < -0.39 is 18.8 Å². The summed E-state index contributed by atoms with van der Waals surface area (Å²) in [5.41, 5.74) is -0.816. The van der Waals surface area contributed by atoms with Gasteiger partial charge in [-0.2, -0.15) is 0 Å². The summed E-state index contributed by atoms with van der Waals surface area (Å²) in [7, 11) is 0. The summed E-state index contributed by atoms with van der Waals surface area (Å²) in [6.45, 7) is 0.874. The second-order valence-corrected chi connectivity index (χ2v) is 4.29. The summed E-state index contributed by atoms with van der Waals surface area (Å²) in [6, 6.07) is 0. The third-order valence-corrected chi connectivity index (χ3v) is 3.23. The first-order valence-electron chi connectivity index (χ1n) is 5.46. The van der Waals surface area contributed by atoms with Crippen molar-refractivity contribution >= 4 is 5.97 Å². The Morgan fingerprint density at radius 2 is 1.87 bits per heavy atom. The fourth-order valence-corrected chi connectivity index (χ4v) is 2.03. The Hall–Kier alpha value is -0.670. The van der Waals surface area contributed by atoms with Crippen LogP contribution < -0.4 is 0 Å². The summed E-state index contributed by atoms with van der Waals surface area (Å²) in [5.74, 6) is -0.375. The first-order chi connectivity index (χ1) is 7.17. The average Bonchev–Trinajstić information content (AvgIpc) is 2.29. The molecule has 2 nitrogen and oxygen atoms in total. The molecule has 0 aromatic carbocycles. The lowest BCUT2D eigenvalue weighted by Crippen LogP contribution is -2.34. The van der Waals surface area contributed by atoms with E-state index in [1.807, 2.05) is 0 Å². The van der Waals surface area contributed by atoms with Crippen LogP contribution in [0.1, 0.15) is 32.6 Å². The normalized spacial score (nSPS) is 21.3. The highest BCUT2D eigenvalue weighted by molar-refractivity contribution is 5.72. The molecular weight excluding hydrogens is 202 g/mol. The Labute approximate surface area is 89.0 Å². The molecule has 0 aromatic rings. The van der Waals surface area contributed by atoms with Crippen LogP contribution in [-0.2, 0) is 9.53 Å². The zero-order valence-electron chi connectivity index (χ0n) is 9.10. The molecule has 4 heteroatoms. The Morgan fingerprint density at radius 1 is 1.33 bits per heavy atom. The van der Waals surface area contributed by atoms with E-state index in [4.69, 9.17) is 4.74 Å². The standard InChI is InChI=1S/C11H18F2O2/c1-2-15-10(14)9-3-5-11(7-12,8-13)6-4-9/h9H,2-8H2,1H3. The van der Waals surface area contributed by atoms with Crippen LogP contribution in [0, 0.1) is 11.3 Å². The zero-order valence-corrected chi connectivity index (χ0v) is 9.10. The van der Waals surface area contributed by atoms with Gasteiger partial charge in [-0.25, -0.2) is 0 Å². The van der Waals surface area contributed by atoms with Crippen molar-refractivity contribution in [1.29, 1.82) is 0 Å². The smallest absolute Gasteiger partial charge is 0.308 e. The van der Waals surface area contributed by atoms with Gasteiger partial charge in [-0.15, -0.1) is 0 Å². The number of hydrogen-bond acceptors (Lipinski definition) is 2. The van der Waals surface area contributed by atoms with E-state index >= 15 is 0 Å². The largest absolute Gasteiger partial charge is 0.466 e. The van der Waals surface area contributed by atoms with E-state index in [0.717, 1.165) is 0 Å². The van der Waals surface area contributed by atoms with Gasteiger partial charge in [0.1, 0.15) is 0 Å². The molecule has 0 heterocycles. The average molecular weight is 220 g/mol. The molecule has 0 radical (unpaired) electrons. The zero-order chi connectivity index (χ0) is 11.3. The maximum absolute atomic E-state index is 12.7. The summed E-state index contributed by atoms with van der Waals surface area (Å²) < 4.78 is 30.2. The van der Waals surface area contributed by atoms with Gasteiger partial charge in [0.2, 0.25) is 0 Å². The van der Waals surface area contributed by atoms with Crippen LogP contribution in [0.3, 0.4) is 0 Å². The number of hydrogen-bond donors (Lipinski definition) is 0. The van der Waals surface area contributed by atoms with Crippen molar-refractivity contribution in [1.82, 2.24) is 0 Å². The topological polar surface area (TPSA) is 26.3 Å². The highest BCUT2D eigenvalue weighted by Gasteiger charge is 2.38. The van der Waals surface area contributed by atoms with Gasteiger partial charge in [-0.1, -0.05) is 0 Å². The van der Waals surface area contributed by atoms with Crippen molar-refractivity contribution in [2.75, 3.05) is 20.0 Å². The molecule has 0 aromatic heterocycles. The van der Waals surface area contributed by atoms with Crippen LogP contribution >= 0.6 is 0 Å². The van der Waals surface area contributed by atoms with Crippen LogP contribution in [0.2, 0.25) is 0 Å². The van der Waals surface area contributed by atoms with E-state index in [1.165, 1.54) is 0 Å².